The number of esters is 1. The summed E-state index contributed by atoms with van der Waals surface area (Å²) in [7, 11) is -1.15. The Balaban J connectivity index is 2.09. The first-order valence-corrected chi connectivity index (χ1v) is 10.9. The Morgan fingerprint density at radius 1 is 1.20 bits per heavy atom. The first-order chi connectivity index (χ1) is 14.0. The normalized spacial score (nSPS) is 11.6. The van der Waals surface area contributed by atoms with Gasteiger partial charge in [-0.25, -0.2) is 17.5 Å². The lowest BCUT2D eigenvalue weighted by Gasteiger charge is -2.13. The molecule has 2 aromatic rings. The molecule has 30 heavy (non-hydrogen) atoms. The predicted molar refractivity (Wildman–Crippen MR) is 110 cm³/mol. The van der Waals surface area contributed by atoms with Crippen LogP contribution in [0.25, 0.3) is 0 Å². The molecule has 0 aromatic heterocycles. The molecule has 0 radical (unpaired) electrons. The number of thioether (sulfide) groups is 1. The van der Waals surface area contributed by atoms with Gasteiger partial charge in [0.05, 0.1) is 21.2 Å². The zero-order valence-corrected chi connectivity index (χ0v) is 18.2. The van der Waals surface area contributed by atoms with Gasteiger partial charge < -0.3 is 10.1 Å². The number of sulfonamides is 1. The van der Waals surface area contributed by atoms with Crippen LogP contribution < -0.4 is 5.32 Å². The van der Waals surface area contributed by atoms with Crippen molar-refractivity contribution in [3.63, 3.8) is 0 Å². The van der Waals surface area contributed by atoms with Gasteiger partial charge in [-0.15, -0.1) is 0 Å². The lowest BCUT2D eigenvalue weighted by Crippen LogP contribution is -2.23. The Bertz CT molecular complexity index is 1050. The summed E-state index contributed by atoms with van der Waals surface area (Å²) in [5.74, 6) is -4.45. The molecule has 2 rings (SSSR count). The molecule has 0 heterocycles. The standard InChI is InChI=1S/C18H17ClF2N2O5S2/c1-23(2)30(26,27)11-7-8-13(19)12(9-11)17(25)28-10-16(24)22-14-5-3-4-6-15(14)29-18(20)21/h3-9,18H,10H2,1-2H3,(H,22,24). The van der Waals surface area contributed by atoms with E-state index >= 15 is 0 Å². The summed E-state index contributed by atoms with van der Waals surface area (Å²) in [6.07, 6.45) is 0. The van der Waals surface area contributed by atoms with Crippen LogP contribution in [0.5, 0.6) is 0 Å². The smallest absolute Gasteiger partial charge is 0.340 e. The molecular weight excluding hydrogens is 462 g/mol. The highest BCUT2D eigenvalue weighted by Crippen LogP contribution is 2.31. The number of ether oxygens (including phenoxy) is 1. The average Bonchev–Trinajstić information content (AvgIpc) is 2.67. The summed E-state index contributed by atoms with van der Waals surface area (Å²) >= 11 is 6.21. The van der Waals surface area contributed by atoms with E-state index in [9.17, 15) is 26.8 Å². The number of nitrogens with one attached hydrogen (secondary N) is 1. The predicted octanol–water partition coefficient (Wildman–Crippen LogP) is 3.70. The van der Waals surface area contributed by atoms with Crippen molar-refractivity contribution in [3.05, 3.63) is 53.1 Å². The van der Waals surface area contributed by atoms with E-state index in [0.29, 0.717) is 0 Å². The van der Waals surface area contributed by atoms with Crippen molar-refractivity contribution in [1.29, 1.82) is 0 Å². The fourth-order valence-corrected chi connectivity index (χ4v) is 3.91. The highest BCUT2D eigenvalue weighted by molar-refractivity contribution is 7.99. The Hall–Kier alpha value is -2.21. The number of alkyl halides is 2. The van der Waals surface area contributed by atoms with Crippen LogP contribution in [0.15, 0.2) is 52.3 Å². The van der Waals surface area contributed by atoms with Gasteiger partial charge in [0.15, 0.2) is 6.61 Å². The second-order valence-electron chi connectivity index (χ2n) is 5.93. The molecule has 0 fully saturated rings. The third-order valence-electron chi connectivity index (χ3n) is 3.65. The topological polar surface area (TPSA) is 92.8 Å². The Kier molecular flexibility index (Phi) is 8.18. The molecule has 0 aliphatic heterocycles. The molecule has 0 aliphatic carbocycles. The first kappa shape index (κ1) is 24.1. The van der Waals surface area contributed by atoms with E-state index in [1.807, 2.05) is 0 Å². The Morgan fingerprint density at radius 2 is 1.87 bits per heavy atom. The number of para-hydroxylation sites is 1. The number of anilines is 1. The number of halogens is 3. The van der Waals surface area contributed by atoms with E-state index < -0.39 is 34.3 Å². The number of carbonyl (C=O) groups is 2. The third kappa shape index (κ3) is 6.14. The highest BCUT2D eigenvalue weighted by Gasteiger charge is 2.22. The summed E-state index contributed by atoms with van der Waals surface area (Å²) in [6, 6.07) is 9.44. The molecule has 0 saturated heterocycles. The van der Waals surface area contributed by atoms with E-state index in [4.69, 9.17) is 16.3 Å². The molecule has 0 bridgehead atoms. The van der Waals surface area contributed by atoms with Crippen LogP contribution in [0.4, 0.5) is 14.5 Å². The average molecular weight is 479 g/mol. The molecule has 1 N–H and O–H groups in total. The molecule has 0 saturated carbocycles. The highest BCUT2D eigenvalue weighted by atomic mass is 35.5. The summed E-state index contributed by atoms with van der Waals surface area (Å²) < 4.78 is 55.5. The largest absolute Gasteiger partial charge is 0.452 e. The van der Waals surface area contributed by atoms with Crippen molar-refractivity contribution in [2.75, 3.05) is 26.0 Å². The number of benzene rings is 2. The van der Waals surface area contributed by atoms with E-state index in [2.05, 4.69) is 5.32 Å². The summed E-state index contributed by atoms with van der Waals surface area (Å²) in [5, 5.41) is 2.32. The van der Waals surface area contributed by atoms with Gasteiger partial charge in [0.2, 0.25) is 10.0 Å². The van der Waals surface area contributed by atoms with Gasteiger partial charge in [-0.1, -0.05) is 35.5 Å². The van der Waals surface area contributed by atoms with Gasteiger partial charge in [0, 0.05) is 19.0 Å². The lowest BCUT2D eigenvalue weighted by atomic mass is 10.2. The molecule has 0 spiro atoms. The number of carbonyl (C=O) groups excluding carboxylic acids is 2. The molecule has 0 unspecified atom stereocenters. The third-order valence-corrected chi connectivity index (χ3v) is 6.58. The molecular formula is C18H17ClF2N2O5S2. The molecule has 162 valence electrons. The van der Waals surface area contributed by atoms with E-state index in [0.717, 1.165) is 10.4 Å². The zero-order valence-electron chi connectivity index (χ0n) is 15.8. The molecule has 12 heteroatoms. The molecule has 0 atom stereocenters. The van der Waals surface area contributed by atoms with Gasteiger partial charge >= 0.3 is 5.97 Å². The quantitative estimate of drug-likeness (QED) is 0.459. The van der Waals surface area contributed by atoms with Gasteiger partial charge in [-0.3, -0.25) is 4.79 Å². The van der Waals surface area contributed by atoms with E-state index in [1.54, 1.807) is 6.07 Å². The second-order valence-corrected chi connectivity index (χ2v) is 9.52. The maximum Gasteiger partial charge on any atom is 0.340 e. The maximum atomic E-state index is 12.6. The van der Waals surface area contributed by atoms with Gasteiger partial charge in [-0.05, 0) is 30.3 Å². The molecule has 1 amide bonds. The SMILES string of the molecule is CN(C)S(=O)(=O)c1ccc(Cl)c(C(=O)OCC(=O)Nc2ccccc2SC(F)F)c1. The van der Waals surface area contributed by atoms with Crippen LogP contribution in [0.3, 0.4) is 0 Å². The van der Waals surface area contributed by atoms with E-state index in [1.165, 1.54) is 44.4 Å². The monoisotopic (exact) mass is 478 g/mol. The minimum atomic E-state index is -3.81. The Morgan fingerprint density at radius 3 is 2.50 bits per heavy atom. The number of amides is 1. The minimum Gasteiger partial charge on any atom is -0.452 e. The van der Waals surface area contributed by atoms with Crippen LogP contribution in [0, 0.1) is 0 Å². The molecule has 7 nitrogen and oxygen atoms in total. The summed E-state index contributed by atoms with van der Waals surface area (Å²) in [5.41, 5.74) is -0.0954. The minimum absolute atomic E-state index is 0.0585. The van der Waals surface area contributed by atoms with Crippen LogP contribution >= 0.6 is 23.4 Å². The van der Waals surface area contributed by atoms with Crippen LogP contribution in [-0.2, 0) is 19.6 Å². The number of hydrogen-bond acceptors (Lipinski definition) is 6. The van der Waals surface area contributed by atoms with Crippen molar-refractivity contribution in [2.45, 2.75) is 15.5 Å². The maximum absolute atomic E-state index is 12.6. The van der Waals surface area contributed by atoms with Crippen molar-refractivity contribution in [1.82, 2.24) is 4.31 Å². The summed E-state index contributed by atoms with van der Waals surface area (Å²) in [6.45, 7) is -0.729. The fourth-order valence-electron chi connectivity index (χ4n) is 2.20. The summed E-state index contributed by atoms with van der Waals surface area (Å²) in [4.78, 5) is 24.3. The van der Waals surface area contributed by atoms with E-state index in [-0.39, 0.29) is 37.8 Å². The van der Waals surface area contributed by atoms with Crippen LogP contribution in [0.2, 0.25) is 5.02 Å². The van der Waals surface area contributed by atoms with Gasteiger partial charge in [-0.2, -0.15) is 8.78 Å². The van der Waals surface area contributed by atoms with Crippen molar-refractivity contribution in [3.8, 4) is 0 Å². The van der Waals surface area contributed by atoms with Crippen molar-refractivity contribution in [2.24, 2.45) is 0 Å². The number of rotatable bonds is 8. The van der Waals surface area contributed by atoms with Crippen molar-refractivity contribution >= 4 is 50.9 Å². The lowest BCUT2D eigenvalue weighted by molar-refractivity contribution is -0.119. The van der Waals surface area contributed by atoms with Crippen LogP contribution in [0.1, 0.15) is 10.4 Å². The molecule has 0 aliphatic rings. The van der Waals surface area contributed by atoms with Crippen LogP contribution in [-0.4, -0.2) is 51.1 Å². The number of nitrogens with zero attached hydrogens (tertiary/aromatic N) is 1. The van der Waals surface area contributed by atoms with Crippen molar-refractivity contribution < 1.29 is 31.5 Å². The number of hydrogen-bond donors (Lipinski definition) is 1. The first-order valence-electron chi connectivity index (χ1n) is 8.25. The van der Waals surface area contributed by atoms with Gasteiger partial charge in [0.1, 0.15) is 0 Å². The zero-order chi connectivity index (χ0) is 22.5. The van der Waals surface area contributed by atoms with Gasteiger partial charge in [0.25, 0.3) is 11.7 Å². The molecule has 2 aromatic carbocycles. The Labute approximate surface area is 181 Å². The second kappa shape index (κ2) is 10.2. The fraction of sp³-hybridized carbons (Fsp3) is 0.222.